The maximum absolute atomic E-state index is 12.8. The van der Waals surface area contributed by atoms with Crippen LogP contribution in [0.1, 0.15) is 355 Å². The summed E-state index contributed by atoms with van der Waals surface area (Å²) in [7, 11) is 0. The summed E-state index contributed by atoms with van der Waals surface area (Å²) in [4.78, 5) is 38.1. The highest BCUT2D eigenvalue weighted by atomic mass is 16.6. The number of esters is 3. The van der Waals surface area contributed by atoms with Gasteiger partial charge in [0.05, 0.1) is 0 Å². The van der Waals surface area contributed by atoms with E-state index in [1.807, 2.05) is 0 Å². The number of ether oxygens (including phenoxy) is 3. The van der Waals surface area contributed by atoms with Crippen LogP contribution in [0.15, 0.2) is 36.5 Å². The van der Waals surface area contributed by atoms with Crippen molar-refractivity contribution < 1.29 is 28.6 Å². The quantitative estimate of drug-likeness (QED) is 0.0261. The zero-order valence-electron chi connectivity index (χ0n) is 49.2. The van der Waals surface area contributed by atoms with E-state index in [-0.39, 0.29) is 31.1 Å². The van der Waals surface area contributed by atoms with E-state index in [1.165, 1.54) is 231 Å². The molecule has 0 amide bonds. The van der Waals surface area contributed by atoms with Gasteiger partial charge in [0.1, 0.15) is 13.2 Å². The Morgan fingerprint density at radius 3 is 0.767 bits per heavy atom. The molecule has 0 radical (unpaired) electrons. The lowest BCUT2D eigenvalue weighted by molar-refractivity contribution is -0.167. The van der Waals surface area contributed by atoms with Gasteiger partial charge in [-0.15, -0.1) is 0 Å². The summed E-state index contributed by atoms with van der Waals surface area (Å²) >= 11 is 0. The SMILES string of the molecule is CCC/C=C\CCCCCCCC(=O)OCC(COC(=O)CCCCCCCCCCCCCCCCCCCCCCC/C=C\CCCCCCCCCC)OC(=O)CCCCCCC/C=C\CCCCC. The van der Waals surface area contributed by atoms with Gasteiger partial charge in [0, 0.05) is 19.3 Å². The number of allylic oxidation sites excluding steroid dienone is 6. The van der Waals surface area contributed by atoms with Gasteiger partial charge in [-0.2, -0.15) is 0 Å². The van der Waals surface area contributed by atoms with Gasteiger partial charge in [-0.1, -0.05) is 282 Å². The molecule has 0 saturated carbocycles. The highest BCUT2D eigenvalue weighted by Gasteiger charge is 2.19. The van der Waals surface area contributed by atoms with Crippen LogP contribution in [0.5, 0.6) is 0 Å². The molecule has 0 aromatic carbocycles. The Bertz CT molecular complexity index is 1220. The molecule has 0 fully saturated rings. The second kappa shape index (κ2) is 62.2. The first kappa shape index (κ1) is 70.6. The average Bonchev–Trinajstić information content (AvgIpc) is 3.39. The van der Waals surface area contributed by atoms with Crippen LogP contribution in [0.2, 0.25) is 0 Å². The smallest absolute Gasteiger partial charge is 0.306 e. The van der Waals surface area contributed by atoms with Gasteiger partial charge < -0.3 is 14.2 Å². The van der Waals surface area contributed by atoms with Gasteiger partial charge in [0.15, 0.2) is 6.10 Å². The molecule has 0 heterocycles. The maximum Gasteiger partial charge on any atom is 0.306 e. The van der Waals surface area contributed by atoms with Crippen molar-refractivity contribution in [1.29, 1.82) is 0 Å². The average molecular weight is 1030 g/mol. The molecule has 0 rings (SSSR count). The van der Waals surface area contributed by atoms with Crippen LogP contribution in [0.4, 0.5) is 0 Å². The lowest BCUT2D eigenvalue weighted by atomic mass is 10.0. The van der Waals surface area contributed by atoms with Crippen LogP contribution in [0.3, 0.4) is 0 Å². The van der Waals surface area contributed by atoms with Crippen molar-refractivity contribution in [1.82, 2.24) is 0 Å². The van der Waals surface area contributed by atoms with Crippen molar-refractivity contribution in [2.24, 2.45) is 0 Å². The Labute approximate surface area is 455 Å². The van der Waals surface area contributed by atoms with Gasteiger partial charge in [-0.3, -0.25) is 14.4 Å². The zero-order chi connectivity index (χ0) is 52.9. The van der Waals surface area contributed by atoms with Crippen LogP contribution in [-0.4, -0.2) is 37.2 Å². The Balaban J connectivity index is 3.98. The fourth-order valence-corrected chi connectivity index (χ4v) is 9.67. The summed E-state index contributed by atoms with van der Waals surface area (Å²) in [6.45, 7) is 6.58. The number of carbonyl (C=O) groups excluding carboxylic acids is 3. The third-order valence-electron chi connectivity index (χ3n) is 14.6. The van der Waals surface area contributed by atoms with Crippen LogP contribution < -0.4 is 0 Å². The molecule has 428 valence electrons. The summed E-state index contributed by atoms with van der Waals surface area (Å²) in [6.07, 6.45) is 76.2. The molecule has 0 spiro atoms. The number of unbranched alkanes of at least 4 members (excludes halogenated alkanes) is 43. The predicted octanol–water partition coefficient (Wildman–Crippen LogP) is 22.0. The molecule has 73 heavy (non-hydrogen) atoms. The Morgan fingerprint density at radius 2 is 0.479 bits per heavy atom. The molecule has 0 aliphatic heterocycles. The van der Waals surface area contributed by atoms with Crippen LogP contribution in [0, 0.1) is 0 Å². The molecule has 1 atom stereocenters. The van der Waals surface area contributed by atoms with Crippen LogP contribution >= 0.6 is 0 Å². The van der Waals surface area contributed by atoms with E-state index in [1.54, 1.807) is 0 Å². The van der Waals surface area contributed by atoms with Crippen molar-refractivity contribution in [3.05, 3.63) is 36.5 Å². The molecule has 0 aliphatic carbocycles. The van der Waals surface area contributed by atoms with Crippen LogP contribution in [-0.2, 0) is 28.6 Å². The topological polar surface area (TPSA) is 78.9 Å². The molecule has 1 unspecified atom stereocenters. The molecule has 0 N–H and O–H groups in total. The predicted molar refractivity (Wildman–Crippen MR) is 316 cm³/mol. The summed E-state index contributed by atoms with van der Waals surface area (Å²) in [5, 5.41) is 0. The molecular formula is C67H124O6. The van der Waals surface area contributed by atoms with Gasteiger partial charge >= 0.3 is 17.9 Å². The van der Waals surface area contributed by atoms with Gasteiger partial charge in [-0.05, 0) is 89.9 Å². The second-order valence-corrected chi connectivity index (χ2v) is 22.0. The van der Waals surface area contributed by atoms with E-state index < -0.39 is 6.10 Å². The van der Waals surface area contributed by atoms with Crippen molar-refractivity contribution >= 4 is 17.9 Å². The molecule has 6 heteroatoms. The largest absolute Gasteiger partial charge is 0.462 e. The Hall–Kier alpha value is -2.37. The zero-order valence-corrected chi connectivity index (χ0v) is 49.2. The molecule has 0 saturated heterocycles. The standard InChI is InChI=1S/C67H124O6/c1-4-7-10-13-16-19-22-24-25-26-27-28-29-30-31-32-33-34-35-36-37-38-39-40-41-42-43-44-46-48-51-54-57-60-66(69)72-63-64(62-71-65(68)59-56-53-50-47-21-18-15-12-9-6-3)73-67(70)61-58-55-52-49-45-23-20-17-14-11-8-5-2/h12,15,17,20,26-27,64H,4-11,13-14,16,18-19,21-25,28-63H2,1-3H3/b15-12-,20-17-,27-26-. The van der Waals surface area contributed by atoms with E-state index in [4.69, 9.17) is 14.2 Å². The first-order valence-corrected chi connectivity index (χ1v) is 32.5. The summed E-state index contributed by atoms with van der Waals surface area (Å²) < 4.78 is 16.8. The first-order chi connectivity index (χ1) is 36.0. The fourth-order valence-electron chi connectivity index (χ4n) is 9.67. The van der Waals surface area contributed by atoms with Gasteiger partial charge in [0.2, 0.25) is 0 Å². The molecular weight excluding hydrogens is 901 g/mol. The monoisotopic (exact) mass is 1020 g/mol. The lowest BCUT2D eigenvalue weighted by Gasteiger charge is -2.18. The molecule has 0 bridgehead atoms. The lowest BCUT2D eigenvalue weighted by Crippen LogP contribution is -2.30. The van der Waals surface area contributed by atoms with Crippen LogP contribution in [0.25, 0.3) is 0 Å². The molecule has 0 aromatic rings. The number of hydrogen-bond donors (Lipinski definition) is 0. The van der Waals surface area contributed by atoms with E-state index in [9.17, 15) is 14.4 Å². The van der Waals surface area contributed by atoms with E-state index in [2.05, 4.69) is 57.2 Å². The Morgan fingerprint density at radius 1 is 0.260 bits per heavy atom. The van der Waals surface area contributed by atoms with Crippen molar-refractivity contribution in [3.63, 3.8) is 0 Å². The van der Waals surface area contributed by atoms with Crippen molar-refractivity contribution in [2.75, 3.05) is 13.2 Å². The number of hydrogen-bond acceptors (Lipinski definition) is 6. The third-order valence-corrected chi connectivity index (χ3v) is 14.6. The number of carbonyl (C=O) groups is 3. The fraction of sp³-hybridized carbons (Fsp3) is 0.866. The van der Waals surface area contributed by atoms with Crippen molar-refractivity contribution in [3.8, 4) is 0 Å². The normalized spacial score (nSPS) is 12.2. The highest BCUT2D eigenvalue weighted by Crippen LogP contribution is 2.18. The molecule has 6 nitrogen and oxygen atoms in total. The van der Waals surface area contributed by atoms with Gasteiger partial charge in [0.25, 0.3) is 0 Å². The summed E-state index contributed by atoms with van der Waals surface area (Å²) in [5.41, 5.74) is 0. The molecule has 0 aromatic heterocycles. The highest BCUT2D eigenvalue weighted by molar-refractivity contribution is 5.71. The Kier molecular flexibility index (Phi) is 60.2. The minimum absolute atomic E-state index is 0.0746. The summed E-state index contributed by atoms with van der Waals surface area (Å²) in [6, 6.07) is 0. The van der Waals surface area contributed by atoms with Gasteiger partial charge in [-0.25, -0.2) is 0 Å². The minimum atomic E-state index is -0.776. The van der Waals surface area contributed by atoms with E-state index >= 15 is 0 Å². The molecule has 0 aliphatic rings. The van der Waals surface area contributed by atoms with E-state index in [0.29, 0.717) is 19.3 Å². The minimum Gasteiger partial charge on any atom is -0.462 e. The van der Waals surface area contributed by atoms with E-state index in [0.717, 1.165) is 83.5 Å². The summed E-state index contributed by atoms with van der Waals surface area (Å²) in [5.74, 6) is -0.879. The number of rotatable bonds is 60. The third kappa shape index (κ3) is 60.4. The first-order valence-electron chi connectivity index (χ1n) is 32.5. The second-order valence-electron chi connectivity index (χ2n) is 22.0. The van der Waals surface area contributed by atoms with Crippen molar-refractivity contribution in [2.45, 2.75) is 361 Å². The maximum atomic E-state index is 12.8.